The molecule has 1 atom stereocenters. The standard InChI is InChI=1S/C34H40F3N9O3/c1-20-16-45(17-29(47)48)9-10-46(20)28-15-38-25(14-39-28)31-42-30-26(44(2)18-33(19-49-3)7-4-8-33)13-24(41-32(30)43-31)22-11-23(21-5-6-21)40-27(12-22)34(35,36)37/h11-15,20-21H,4-10,16-19H2,1-3H3,(H,47,48)(H,41,42,43)/t20-/m1/s1. The van der Waals surface area contributed by atoms with E-state index in [-0.39, 0.29) is 23.9 Å². The number of aromatic nitrogens is 6. The van der Waals surface area contributed by atoms with Crippen molar-refractivity contribution in [3.63, 3.8) is 0 Å². The van der Waals surface area contributed by atoms with E-state index < -0.39 is 17.8 Å². The third-order valence-electron chi connectivity index (χ3n) is 9.96. The van der Waals surface area contributed by atoms with Crippen molar-refractivity contribution in [1.29, 1.82) is 0 Å². The number of rotatable bonds is 11. The van der Waals surface area contributed by atoms with Crippen molar-refractivity contribution in [2.75, 3.05) is 63.3 Å². The minimum Gasteiger partial charge on any atom is -0.480 e. The normalized spacial score (nSPS) is 19.6. The SMILES string of the molecule is COCC1(CN(C)c2cc(-c3cc(C4CC4)nc(C(F)(F)F)c3)nc3nc(-c4cnc(N5CCN(CC(=O)O)C[C@H]5C)cn4)[nH]c23)CCC1. The lowest BCUT2D eigenvalue weighted by molar-refractivity contribution is -0.141. The van der Waals surface area contributed by atoms with Crippen LogP contribution in [0.2, 0.25) is 0 Å². The third-order valence-corrected chi connectivity index (χ3v) is 9.96. The van der Waals surface area contributed by atoms with Crippen molar-refractivity contribution in [3.8, 4) is 22.8 Å². The highest BCUT2D eigenvalue weighted by atomic mass is 19.4. The number of carboxylic acid groups (broad SMARTS) is 1. The van der Waals surface area contributed by atoms with Gasteiger partial charge in [0, 0.05) is 69.0 Å². The lowest BCUT2D eigenvalue weighted by atomic mass is 9.69. The summed E-state index contributed by atoms with van der Waals surface area (Å²) in [6.45, 7) is 5.15. The number of anilines is 2. The Hall–Kier alpha value is -4.37. The van der Waals surface area contributed by atoms with E-state index >= 15 is 0 Å². The molecule has 4 aromatic heterocycles. The van der Waals surface area contributed by atoms with E-state index in [4.69, 9.17) is 19.8 Å². The smallest absolute Gasteiger partial charge is 0.433 e. The highest BCUT2D eigenvalue weighted by Crippen LogP contribution is 2.44. The molecule has 1 aliphatic heterocycles. The maximum atomic E-state index is 14.0. The lowest BCUT2D eigenvalue weighted by Crippen LogP contribution is -2.53. The monoisotopic (exact) mass is 679 g/mol. The number of carboxylic acids is 1. The fraction of sp³-hybridized carbons (Fsp3) is 0.529. The van der Waals surface area contributed by atoms with Crippen LogP contribution in [0.5, 0.6) is 0 Å². The third kappa shape index (κ3) is 6.91. The van der Waals surface area contributed by atoms with E-state index in [2.05, 4.69) is 29.7 Å². The number of methoxy groups -OCH3 is 1. The summed E-state index contributed by atoms with van der Waals surface area (Å²) < 4.78 is 47.5. The van der Waals surface area contributed by atoms with Gasteiger partial charge in [-0.1, -0.05) is 6.42 Å². The van der Waals surface area contributed by atoms with E-state index in [9.17, 15) is 18.0 Å². The highest BCUT2D eigenvalue weighted by molar-refractivity contribution is 5.91. The molecule has 2 N–H and O–H groups in total. The molecule has 7 rings (SSSR count). The van der Waals surface area contributed by atoms with Crippen molar-refractivity contribution < 1.29 is 27.8 Å². The molecular formula is C34H40F3N9O3. The first-order valence-corrected chi connectivity index (χ1v) is 16.6. The molecule has 0 radical (unpaired) electrons. The summed E-state index contributed by atoms with van der Waals surface area (Å²) in [7, 11) is 3.68. The number of halogens is 3. The first-order chi connectivity index (χ1) is 23.4. The topological polar surface area (TPSA) is 136 Å². The molecule has 3 fully saturated rings. The molecule has 49 heavy (non-hydrogen) atoms. The summed E-state index contributed by atoms with van der Waals surface area (Å²) in [5.41, 5.74) is 2.49. The Balaban J connectivity index is 1.24. The van der Waals surface area contributed by atoms with Gasteiger partial charge in [0.1, 0.15) is 22.7 Å². The second-order valence-electron chi connectivity index (χ2n) is 13.8. The minimum absolute atomic E-state index is 0.00146. The Kier molecular flexibility index (Phi) is 8.67. The van der Waals surface area contributed by atoms with Gasteiger partial charge >= 0.3 is 12.1 Å². The van der Waals surface area contributed by atoms with E-state index in [1.54, 1.807) is 25.6 Å². The molecule has 4 aromatic rings. The molecule has 12 nitrogen and oxygen atoms in total. The molecule has 0 unspecified atom stereocenters. The van der Waals surface area contributed by atoms with Crippen molar-refractivity contribution in [2.45, 2.75) is 57.2 Å². The molecule has 0 aromatic carbocycles. The molecule has 0 spiro atoms. The zero-order chi connectivity index (χ0) is 34.5. The summed E-state index contributed by atoms with van der Waals surface area (Å²) in [5.74, 6) is 0.289. The van der Waals surface area contributed by atoms with Crippen molar-refractivity contribution in [1.82, 2.24) is 34.8 Å². The number of imidazole rings is 1. The molecule has 1 saturated heterocycles. The number of hydrogen-bond acceptors (Lipinski definition) is 10. The number of nitrogens with zero attached hydrogens (tertiary/aromatic N) is 8. The minimum atomic E-state index is -4.59. The number of aliphatic carboxylic acids is 1. The largest absolute Gasteiger partial charge is 0.480 e. The van der Waals surface area contributed by atoms with Gasteiger partial charge in [0.15, 0.2) is 11.5 Å². The number of ether oxygens (including phenoxy) is 1. The molecule has 3 aliphatic rings. The van der Waals surface area contributed by atoms with Crippen LogP contribution in [-0.4, -0.2) is 105 Å². The van der Waals surface area contributed by atoms with Gasteiger partial charge < -0.3 is 24.6 Å². The molecule has 5 heterocycles. The quantitative estimate of drug-likeness (QED) is 0.216. The molecule has 15 heteroatoms. The number of pyridine rings is 2. The summed E-state index contributed by atoms with van der Waals surface area (Å²) in [6.07, 6.45) is 3.53. The van der Waals surface area contributed by atoms with Gasteiger partial charge in [-0.2, -0.15) is 13.2 Å². The molecule has 260 valence electrons. The zero-order valence-electron chi connectivity index (χ0n) is 27.8. The van der Waals surface area contributed by atoms with Crippen molar-refractivity contribution in [2.24, 2.45) is 5.41 Å². The fourth-order valence-electron chi connectivity index (χ4n) is 7.19. The number of H-pyrrole nitrogens is 1. The van der Waals surface area contributed by atoms with Crippen LogP contribution in [0.4, 0.5) is 24.7 Å². The van der Waals surface area contributed by atoms with Gasteiger partial charge in [-0.25, -0.2) is 24.9 Å². The zero-order valence-corrected chi connectivity index (χ0v) is 27.8. The van der Waals surface area contributed by atoms with Crippen LogP contribution in [-0.2, 0) is 15.7 Å². The number of hydrogen-bond donors (Lipinski definition) is 2. The Labute approximate surface area is 281 Å². The van der Waals surface area contributed by atoms with Crippen LogP contribution < -0.4 is 9.80 Å². The second kappa shape index (κ2) is 12.8. The van der Waals surface area contributed by atoms with Gasteiger partial charge in [0.05, 0.1) is 36.9 Å². The van der Waals surface area contributed by atoms with E-state index in [0.717, 1.165) is 43.9 Å². The number of carbonyl (C=O) groups is 1. The Morgan fingerprint density at radius 3 is 2.51 bits per heavy atom. The molecule has 0 bridgehead atoms. The molecule has 2 saturated carbocycles. The fourth-order valence-corrected chi connectivity index (χ4v) is 7.19. The summed E-state index contributed by atoms with van der Waals surface area (Å²) in [5, 5.41) is 9.16. The van der Waals surface area contributed by atoms with Crippen molar-refractivity contribution in [3.05, 3.63) is 42.0 Å². The average molecular weight is 680 g/mol. The average Bonchev–Trinajstić information content (AvgIpc) is 3.81. The van der Waals surface area contributed by atoms with Crippen LogP contribution in [0.3, 0.4) is 0 Å². The van der Waals surface area contributed by atoms with E-state index in [1.807, 2.05) is 24.9 Å². The lowest BCUT2D eigenvalue weighted by Gasteiger charge is -2.44. The Morgan fingerprint density at radius 2 is 1.90 bits per heavy atom. The highest BCUT2D eigenvalue weighted by Gasteiger charge is 2.39. The van der Waals surface area contributed by atoms with Crippen LogP contribution in [0.25, 0.3) is 33.9 Å². The predicted octanol–water partition coefficient (Wildman–Crippen LogP) is 5.22. The number of nitrogens with one attached hydrogen (secondary N) is 1. The Morgan fingerprint density at radius 1 is 1.10 bits per heavy atom. The Bertz CT molecular complexity index is 1840. The van der Waals surface area contributed by atoms with Gasteiger partial charge in [-0.3, -0.25) is 9.69 Å². The summed E-state index contributed by atoms with van der Waals surface area (Å²) >= 11 is 0. The van der Waals surface area contributed by atoms with E-state index in [1.165, 1.54) is 0 Å². The van der Waals surface area contributed by atoms with Crippen molar-refractivity contribution >= 4 is 28.6 Å². The van der Waals surface area contributed by atoms with Gasteiger partial charge in [0.2, 0.25) is 0 Å². The van der Waals surface area contributed by atoms with Gasteiger partial charge in [-0.15, -0.1) is 0 Å². The van der Waals surface area contributed by atoms with Gasteiger partial charge in [0.25, 0.3) is 0 Å². The predicted molar refractivity (Wildman–Crippen MR) is 177 cm³/mol. The molecule has 2 aliphatic carbocycles. The number of fused-ring (bicyclic) bond motifs is 1. The second-order valence-corrected chi connectivity index (χ2v) is 13.8. The maximum absolute atomic E-state index is 14.0. The van der Waals surface area contributed by atoms with Gasteiger partial charge in [-0.05, 0) is 50.8 Å². The number of aromatic amines is 1. The summed E-state index contributed by atoms with van der Waals surface area (Å²) in [4.78, 5) is 43.5. The first kappa shape index (κ1) is 33.1. The first-order valence-electron chi connectivity index (χ1n) is 16.6. The van der Waals surface area contributed by atoms with Crippen LogP contribution in [0, 0.1) is 5.41 Å². The van der Waals surface area contributed by atoms with E-state index in [0.29, 0.717) is 78.2 Å². The van der Waals surface area contributed by atoms with Crippen LogP contribution in [0.1, 0.15) is 56.3 Å². The summed E-state index contributed by atoms with van der Waals surface area (Å²) in [6, 6.07) is 4.67. The number of piperazine rings is 1. The maximum Gasteiger partial charge on any atom is 0.433 e. The van der Waals surface area contributed by atoms with Crippen LogP contribution >= 0.6 is 0 Å². The van der Waals surface area contributed by atoms with Crippen LogP contribution in [0.15, 0.2) is 30.6 Å². The number of alkyl halides is 3. The molecular weight excluding hydrogens is 639 g/mol. The molecule has 0 amide bonds.